The van der Waals surface area contributed by atoms with Gasteiger partial charge in [-0.15, -0.1) is 0 Å². The highest BCUT2D eigenvalue weighted by atomic mass is 16.3. The molecule has 0 bridgehead atoms. The van der Waals surface area contributed by atoms with Gasteiger partial charge in [0, 0.05) is 22.3 Å². The zero-order valence-corrected chi connectivity index (χ0v) is 15.5. The van der Waals surface area contributed by atoms with Gasteiger partial charge >= 0.3 is 0 Å². The van der Waals surface area contributed by atoms with Crippen LogP contribution in [0.4, 0.5) is 0 Å². The number of phenolic OH excluding ortho intramolecular Hbond substituents is 3. The van der Waals surface area contributed by atoms with E-state index in [1.807, 2.05) is 0 Å². The molecule has 8 heteroatoms. The van der Waals surface area contributed by atoms with Gasteiger partial charge in [0.15, 0.2) is 5.78 Å². The average Bonchev–Trinajstić information content (AvgIpc) is 2.68. The quantitative estimate of drug-likeness (QED) is 0.402. The number of aromatic hydroxyl groups is 3. The second kappa shape index (κ2) is 5.91. The van der Waals surface area contributed by atoms with Crippen molar-refractivity contribution in [1.29, 1.82) is 0 Å². The number of phenols is 3. The van der Waals surface area contributed by atoms with Gasteiger partial charge in [0.05, 0.1) is 22.3 Å². The van der Waals surface area contributed by atoms with Crippen LogP contribution in [-0.2, 0) is 9.59 Å². The summed E-state index contributed by atoms with van der Waals surface area (Å²) in [6, 6.07) is 0. The predicted octanol–water partition coefficient (Wildman–Crippen LogP) is 2.82. The van der Waals surface area contributed by atoms with Gasteiger partial charge in [-0.3, -0.25) is 9.59 Å². The van der Waals surface area contributed by atoms with Gasteiger partial charge in [-0.2, -0.15) is 0 Å². The highest BCUT2D eigenvalue weighted by Crippen LogP contribution is 2.50. The van der Waals surface area contributed by atoms with Crippen molar-refractivity contribution in [3.8, 4) is 17.2 Å². The minimum atomic E-state index is -0.885. The van der Waals surface area contributed by atoms with E-state index in [2.05, 4.69) is 0 Å². The lowest BCUT2D eigenvalue weighted by molar-refractivity contribution is -0.114. The third-order valence-electron chi connectivity index (χ3n) is 5.19. The summed E-state index contributed by atoms with van der Waals surface area (Å²) in [5, 5.41) is 61.0. The van der Waals surface area contributed by atoms with Crippen molar-refractivity contribution in [1.82, 2.24) is 0 Å². The molecule has 0 aromatic heterocycles. The molecule has 8 nitrogen and oxygen atoms in total. The van der Waals surface area contributed by atoms with Crippen molar-refractivity contribution in [3.63, 3.8) is 0 Å². The van der Waals surface area contributed by atoms with Crippen molar-refractivity contribution in [2.24, 2.45) is 0 Å². The van der Waals surface area contributed by atoms with Gasteiger partial charge < -0.3 is 30.6 Å². The fraction of sp³-hybridized carbons (Fsp3) is 0.200. The van der Waals surface area contributed by atoms with Crippen LogP contribution in [0.1, 0.15) is 30.5 Å². The number of benzene rings is 1. The fourth-order valence-electron chi connectivity index (χ4n) is 3.31. The molecule has 146 valence electrons. The minimum Gasteiger partial charge on any atom is -0.507 e. The second-order valence-electron chi connectivity index (χ2n) is 6.75. The summed E-state index contributed by atoms with van der Waals surface area (Å²) in [6.45, 7) is 5.38. The van der Waals surface area contributed by atoms with E-state index in [1.165, 1.54) is 27.7 Å². The maximum atomic E-state index is 12.7. The number of rotatable bonds is 1. The smallest absolute Gasteiger partial charge is 0.202 e. The van der Waals surface area contributed by atoms with Gasteiger partial charge in [0.2, 0.25) is 5.78 Å². The molecule has 3 rings (SSSR count). The first-order valence-corrected chi connectivity index (χ1v) is 8.25. The molecule has 0 heterocycles. The molecule has 1 aromatic carbocycles. The van der Waals surface area contributed by atoms with E-state index in [0.29, 0.717) is 0 Å². The van der Waals surface area contributed by atoms with Crippen LogP contribution in [0.3, 0.4) is 0 Å². The van der Waals surface area contributed by atoms with E-state index >= 15 is 0 Å². The van der Waals surface area contributed by atoms with Crippen LogP contribution in [-0.4, -0.2) is 42.2 Å². The lowest BCUT2D eigenvalue weighted by atomic mass is 9.76. The number of ketones is 2. The Morgan fingerprint density at radius 1 is 0.500 bits per heavy atom. The summed E-state index contributed by atoms with van der Waals surface area (Å²) in [6.07, 6.45) is 0. The molecule has 1 aromatic rings. The van der Waals surface area contributed by atoms with Gasteiger partial charge in [-0.25, -0.2) is 0 Å². The van der Waals surface area contributed by atoms with Gasteiger partial charge in [-0.05, 0) is 27.7 Å². The molecule has 0 aliphatic heterocycles. The molecule has 0 saturated carbocycles. The monoisotopic (exact) mass is 386 g/mol. The molecule has 0 atom stereocenters. The Labute approximate surface area is 159 Å². The van der Waals surface area contributed by atoms with Crippen LogP contribution in [0.25, 0.3) is 5.57 Å². The molecular formula is C20H18O8. The third-order valence-corrected chi connectivity index (χ3v) is 5.19. The standard InChI is InChI=1S/C20H18O8/c1-5-13(21)6(2)16(24)9(15(5)23)11-19(27)12(20(11)28)10-17(25)7(3)14(22)8(4)18(10)26/h21-25,27H,1-4H3/b12-10+. The normalized spacial score (nSPS) is 20.3. The van der Waals surface area contributed by atoms with Crippen molar-refractivity contribution < 1.29 is 40.2 Å². The summed E-state index contributed by atoms with van der Waals surface area (Å²) in [5.74, 6) is -5.03. The van der Waals surface area contributed by atoms with E-state index in [1.54, 1.807) is 0 Å². The average molecular weight is 386 g/mol. The first-order chi connectivity index (χ1) is 12.9. The Morgan fingerprint density at radius 2 is 0.964 bits per heavy atom. The van der Waals surface area contributed by atoms with Crippen LogP contribution in [0.15, 0.2) is 39.6 Å². The largest absolute Gasteiger partial charge is 0.507 e. The molecule has 2 aliphatic carbocycles. The zero-order valence-electron chi connectivity index (χ0n) is 15.5. The number of aliphatic hydroxyl groups excluding tert-OH is 3. The van der Waals surface area contributed by atoms with Crippen molar-refractivity contribution in [2.45, 2.75) is 27.7 Å². The summed E-state index contributed by atoms with van der Waals surface area (Å²) in [7, 11) is 0. The fourth-order valence-corrected chi connectivity index (χ4v) is 3.31. The zero-order chi connectivity index (χ0) is 21.2. The molecule has 2 aliphatic rings. The Morgan fingerprint density at radius 3 is 1.43 bits per heavy atom. The summed E-state index contributed by atoms with van der Waals surface area (Å²) in [5.41, 5.74) is -1.91. The molecular weight excluding hydrogens is 368 g/mol. The number of carbonyl (C=O) groups excluding carboxylic acids is 2. The molecule has 28 heavy (non-hydrogen) atoms. The number of allylic oxidation sites excluding steroid dienone is 5. The highest BCUT2D eigenvalue weighted by molar-refractivity contribution is 6.42. The van der Waals surface area contributed by atoms with Gasteiger partial charge in [-0.1, -0.05) is 0 Å². The lowest BCUT2D eigenvalue weighted by Gasteiger charge is -2.28. The molecule has 6 N–H and O–H groups in total. The number of Topliss-reactive ketones (excluding diaryl/α,β-unsaturated/α-hetero) is 2. The molecule has 0 radical (unpaired) electrons. The van der Waals surface area contributed by atoms with Crippen LogP contribution >= 0.6 is 0 Å². The summed E-state index contributed by atoms with van der Waals surface area (Å²) in [4.78, 5) is 25.2. The number of aliphatic hydroxyl groups is 3. The van der Waals surface area contributed by atoms with Crippen molar-refractivity contribution in [3.05, 3.63) is 56.3 Å². The summed E-state index contributed by atoms with van der Waals surface area (Å²) < 4.78 is 0. The van der Waals surface area contributed by atoms with Crippen LogP contribution in [0.2, 0.25) is 0 Å². The maximum Gasteiger partial charge on any atom is 0.202 e. The van der Waals surface area contributed by atoms with E-state index < -0.39 is 57.1 Å². The molecule has 0 amide bonds. The van der Waals surface area contributed by atoms with E-state index in [-0.39, 0.29) is 33.6 Å². The Bertz CT molecular complexity index is 1100. The molecule has 0 unspecified atom stereocenters. The molecule has 0 saturated heterocycles. The van der Waals surface area contributed by atoms with Crippen molar-refractivity contribution in [2.75, 3.05) is 0 Å². The molecule has 0 fully saturated rings. The maximum absolute atomic E-state index is 12.7. The lowest BCUT2D eigenvalue weighted by Crippen LogP contribution is -2.28. The predicted molar refractivity (Wildman–Crippen MR) is 98.2 cm³/mol. The minimum absolute atomic E-state index is 0.00414. The van der Waals surface area contributed by atoms with Crippen LogP contribution in [0.5, 0.6) is 17.2 Å². The number of hydrogen-bond donors (Lipinski definition) is 6. The number of hydrogen-bond acceptors (Lipinski definition) is 8. The van der Waals surface area contributed by atoms with Crippen LogP contribution in [0, 0.1) is 13.8 Å². The molecule has 0 spiro atoms. The van der Waals surface area contributed by atoms with E-state index in [9.17, 15) is 40.2 Å². The van der Waals surface area contributed by atoms with Crippen molar-refractivity contribution >= 4 is 17.1 Å². The third kappa shape index (κ3) is 2.17. The second-order valence-corrected chi connectivity index (χ2v) is 6.75. The van der Waals surface area contributed by atoms with E-state index in [4.69, 9.17) is 0 Å². The van der Waals surface area contributed by atoms with Gasteiger partial charge in [0.25, 0.3) is 0 Å². The highest BCUT2D eigenvalue weighted by Gasteiger charge is 2.44. The first-order valence-electron chi connectivity index (χ1n) is 8.25. The SMILES string of the molecule is CC1=C(O)C(C)=C(O)/C(=C2\C(=O)C(c3c(O)c(C)c(O)c(C)c3O)=C2O)C1=O. The van der Waals surface area contributed by atoms with Gasteiger partial charge in [0.1, 0.15) is 34.5 Å². The Kier molecular flexibility index (Phi) is 4.03. The summed E-state index contributed by atoms with van der Waals surface area (Å²) >= 11 is 0. The van der Waals surface area contributed by atoms with Crippen LogP contribution < -0.4 is 0 Å². The number of carbonyl (C=O) groups is 2. The Balaban J connectivity index is 2.31. The Hall–Kier alpha value is -3.68. The first kappa shape index (κ1) is 19.1. The topological polar surface area (TPSA) is 156 Å². The van der Waals surface area contributed by atoms with E-state index in [0.717, 1.165) is 0 Å².